The maximum Gasteiger partial charge on any atom is 0.315 e. The summed E-state index contributed by atoms with van der Waals surface area (Å²) >= 11 is 1.30. The molecule has 1 unspecified atom stereocenters. The van der Waals surface area contributed by atoms with E-state index in [2.05, 4.69) is 27.5 Å². The highest BCUT2D eigenvalue weighted by molar-refractivity contribution is 7.14. The third-order valence-electron chi connectivity index (χ3n) is 4.52. The first kappa shape index (κ1) is 19.4. The number of nitrogens with one attached hydrogen (secondary N) is 1. The number of carbonyl (C=O) groups excluding carboxylic acids is 2. The van der Waals surface area contributed by atoms with Crippen LogP contribution >= 0.6 is 11.3 Å². The van der Waals surface area contributed by atoms with Crippen molar-refractivity contribution in [1.82, 2.24) is 24.9 Å². The molecule has 3 rings (SSSR count). The van der Waals surface area contributed by atoms with Gasteiger partial charge in [-0.25, -0.2) is 9.67 Å². The summed E-state index contributed by atoms with van der Waals surface area (Å²) in [5, 5.41) is 23.7. The van der Waals surface area contributed by atoms with Crippen LogP contribution in [-0.4, -0.2) is 54.9 Å². The van der Waals surface area contributed by atoms with Gasteiger partial charge in [-0.1, -0.05) is 18.6 Å². The molecule has 146 valence electrons. The van der Waals surface area contributed by atoms with E-state index in [4.69, 9.17) is 0 Å². The van der Waals surface area contributed by atoms with Crippen LogP contribution in [0.5, 0.6) is 0 Å². The van der Waals surface area contributed by atoms with Gasteiger partial charge < -0.3 is 10.0 Å². The Hall–Kier alpha value is -2.33. The first-order valence-electron chi connectivity index (χ1n) is 9.01. The average molecular weight is 392 g/mol. The molecule has 1 atom stereocenters. The summed E-state index contributed by atoms with van der Waals surface area (Å²) in [4.78, 5) is 30.3. The minimum Gasteiger partial charge on any atom is -0.381 e. The highest BCUT2D eigenvalue weighted by Gasteiger charge is 2.43. The largest absolute Gasteiger partial charge is 0.381 e. The molecule has 1 aliphatic heterocycles. The summed E-state index contributed by atoms with van der Waals surface area (Å²) in [5.41, 5.74) is 0.0172. The van der Waals surface area contributed by atoms with E-state index in [0.717, 1.165) is 18.5 Å². The van der Waals surface area contributed by atoms with Gasteiger partial charge in [0.25, 0.3) is 0 Å². The van der Waals surface area contributed by atoms with Crippen LogP contribution in [0.25, 0.3) is 0 Å². The molecular weight excluding hydrogens is 368 g/mol. The van der Waals surface area contributed by atoms with E-state index < -0.39 is 17.4 Å². The lowest BCUT2D eigenvalue weighted by Gasteiger charge is -2.20. The van der Waals surface area contributed by atoms with Crippen molar-refractivity contribution >= 4 is 28.3 Å². The summed E-state index contributed by atoms with van der Waals surface area (Å²) in [5.74, 6) is -1.43. The SMILES string of the molecule is CCCc1csc(NC(=O)C(=O)N2CCC(O)(c3cn(C(C)C)nn3)C2)n1. The number of anilines is 1. The van der Waals surface area contributed by atoms with Gasteiger partial charge in [0.2, 0.25) is 0 Å². The zero-order valence-electron chi connectivity index (χ0n) is 15.7. The molecule has 0 aromatic carbocycles. The summed E-state index contributed by atoms with van der Waals surface area (Å²) in [6.45, 7) is 6.25. The van der Waals surface area contributed by atoms with E-state index >= 15 is 0 Å². The number of likely N-dealkylation sites (tertiary alicyclic amines) is 1. The fourth-order valence-corrected chi connectivity index (χ4v) is 3.69. The molecule has 0 aliphatic carbocycles. The standard InChI is InChI=1S/C17H24N6O3S/c1-4-5-12-9-27-16(18-12)19-14(24)15(25)22-7-6-17(26,10-22)13-8-23(11(2)3)21-20-13/h8-9,11,26H,4-7,10H2,1-3H3,(H,18,19,24). The second kappa shape index (κ2) is 7.73. The van der Waals surface area contributed by atoms with Gasteiger partial charge >= 0.3 is 11.8 Å². The van der Waals surface area contributed by atoms with Crippen molar-refractivity contribution in [3.05, 3.63) is 23.0 Å². The molecule has 1 fully saturated rings. The molecule has 2 N–H and O–H groups in total. The van der Waals surface area contributed by atoms with Gasteiger partial charge in [-0.3, -0.25) is 14.9 Å². The van der Waals surface area contributed by atoms with Crippen LogP contribution in [0.1, 0.15) is 51.0 Å². The van der Waals surface area contributed by atoms with Crippen LogP contribution in [-0.2, 0) is 21.6 Å². The predicted molar refractivity (Wildman–Crippen MR) is 100 cm³/mol. The average Bonchev–Trinajstić information content (AvgIpc) is 3.34. The molecule has 1 aliphatic rings. The maximum absolute atomic E-state index is 12.5. The Labute approximate surface area is 161 Å². The lowest BCUT2D eigenvalue weighted by Crippen LogP contribution is -2.40. The maximum atomic E-state index is 12.5. The van der Waals surface area contributed by atoms with Gasteiger partial charge in [-0.05, 0) is 20.3 Å². The van der Waals surface area contributed by atoms with Crippen molar-refractivity contribution in [2.75, 3.05) is 18.4 Å². The number of nitrogens with zero attached hydrogens (tertiary/aromatic N) is 5. The molecule has 27 heavy (non-hydrogen) atoms. The quantitative estimate of drug-likeness (QED) is 0.742. The van der Waals surface area contributed by atoms with Crippen molar-refractivity contribution in [3.8, 4) is 0 Å². The van der Waals surface area contributed by atoms with Gasteiger partial charge in [0, 0.05) is 24.4 Å². The van der Waals surface area contributed by atoms with Crippen LogP contribution in [0.4, 0.5) is 5.13 Å². The van der Waals surface area contributed by atoms with Gasteiger partial charge in [0.15, 0.2) is 5.13 Å². The first-order valence-corrected chi connectivity index (χ1v) is 9.89. The Morgan fingerprint density at radius 1 is 1.44 bits per heavy atom. The lowest BCUT2D eigenvalue weighted by atomic mass is 10.00. The van der Waals surface area contributed by atoms with Gasteiger partial charge in [0.1, 0.15) is 11.3 Å². The second-order valence-corrected chi connectivity index (χ2v) is 7.89. The normalized spacial score (nSPS) is 19.7. The molecule has 0 radical (unpaired) electrons. The topological polar surface area (TPSA) is 113 Å². The second-order valence-electron chi connectivity index (χ2n) is 7.03. The summed E-state index contributed by atoms with van der Waals surface area (Å²) in [6, 6.07) is 0.121. The number of rotatable bonds is 5. The van der Waals surface area contributed by atoms with Gasteiger partial charge in [-0.2, -0.15) is 0 Å². The minimum absolute atomic E-state index is 0.00892. The number of thiazole rings is 1. The number of hydrogen-bond acceptors (Lipinski definition) is 7. The molecule has 3 heterocycles. The lowest BCUT2D eigenvalue weighted by molar-refractivity contribution is -0.143. The third kappa shape index (κ3) is 4.16. The van der Waals surface area contributed by atoms with Crippen LogP contribution in [0.2, 0.25) is 0 Å². The Morgan fingerprint density at radius 2 is 2.22 bits per heavy atom. The van der Waals surface area contributed by atoms with Crippen LogP contribution in [0.3, 0.4) is 0 Å². The number of aliphatic hydroxyl groups is 1. The zero-order valence-corrected chi connectivity index (χ0v) is 16.5. The molecule has 1 saturated heterocycles. The van der Waals surface area contributed by atoms with E-state index in [1.165, 1.54) is 16.2 Å². The monoisotopic (exact) mass is 392 g/mol. The summed E-state index contributed by atoms with van der Waals surface area (Å²) in [7, 11) is 0. The number of β-amino-alcohol motifs (C(OH)–C–C–N with tert-alkyl or cyclic N) is 1. The van der Waals surface area contributed by atoms with Crippen LogP contribution < -0.4 is 5.32 Å². The Bertz CT molecular complexity index is 832. The highest BCUT2D eigenvalue weighted by Crippen LogP contribution is 2.31. The van der Waals surface area contributed by atoms with Crippen molar-refractivity contribution in [2.24, 2.45) is 0 Å². The Kier molecular flexibility index (Phi) is 5.56. The van der Waals surface area contributed by atoms with Crippen molar-refractivity contribution in [1.29, 1.82) is 0 Å². The first-order chi connectivity index (χ1) is 12.8. The Morgan fingerprint density at radius 3 is 2.89 bits per heavy atom. The molecule has 2 aromatic heterocycles. The molecule has 0 saturated carbocycles. The molecule has 10 heteroatoms. The molecule has 2 amide bonds. The smallest absolute Gasteiger partial charge is 0.315 e. The van der Waals surface area contributed by atoms with Gasteiger partial charge in [0.05, 0.1) is 18.4 Å². The van der Waals surface area contributed by atoms with Crippen molar-refractivity contribution < 1.29 is 14.7 Å². The molecule has 2 aromatic rings. The van der Waals surface area contributed by atoms with E-state index in [9.17, 15) is 14.7 Å². The molecular formula is C17H24N6O3S. The van der Waals surface area contributed by atoms with Crippen LogP contribution in [0, 0.1) is 0 Å². The van der Waals surface area contributed by atoms with Crippen molar-refractivity contribution in [2.45, 2.75) is 51.7 Å². The third-order valence-corrected chi connectivity index (χ3v) is 5.33. The fourth-order valence-electron chi connectivity index (χ4n) is 2.95. The molecule has 0 bridgehead atoms. The van der Waals surface area contributed by atoms with Crippen molar-refractivity contribution in [3.63, 3.8) is 0 Å². The summed E-state index contributed by atoms with van der Waals surface area (Å²) < 4.78 is 1.65. The summed E-state index contributed by atoms with van der Waals surface area (Å²) in [6.07, 6.45) is 3.78. The Balaban J connectivity index is 1.62. The molecule has 9 nitrogen and oxygen atoms in total. The van der Waals surface area contributed by atoms with E-state index in [-0.39, 0.29) is 19.1 Å². The zero-order chi connectivity index (χ0) is 19.6. The van der Waals surface area contributed by atoms with Crippen LogP contribution in [0.15, 0.2) is 11.6 Å². The number of aryl methyl sites for hydroxylation is 1. The number of hydrogen-bond donors (Lipinski definition) is 2. The number of carbonyl (C=O) groups is 2. The number of amides is 2. The minimum atomic E-state index is -1.29. The van der Waals surface area contributed by atoms with E-state index in [1.807, 2.05) is 19.2 Å². The fraction of sp³-hybridized carbons (Fsp3) is 0.588. The highest BCUT2D eigenvalue weighted by atomic mass is 32.1. The van der Waals surface area contributed by atoms with E-state index in [0.29, 0.717) is 17.2 Å². The van der Waals surface area contributed by atoms with E-state index in [1.54, 1.807) is 10.9 Å². The number of aromatic nitrogens is 4. The van der Waals surface area contributed by atoms with Gasteiger partial charge in [-0.15, -0.1) is 16.4 Å². The predicted octanol–water partition coefficient (Wildman–Crippen LogP) is 1.33. The molecule has 0 spiro atoms.